The zero-order valence-corrected chi connectivity index (χ0v) is 10.0. The zero-order chi connectivity index (χ0) is 11.8. The monoisotopic (exact) mass is 237 g/mol. The van der Waals surface area contributed by atoms with E-state index in [2.05, 4.69) is 0 Å². The highest BCUT2D eigenvalue weighted by atomic mass is 32.2. The number of hydrogen-bond acceptors (Lipinski definition) is 4. The Morgan fingerprint density at radius 3 is 2.69 bits per heavy atom. The fourth-order valence-electron chi connectivity index (χ4n) is 1.20. The van der Waals surface area contributed by atoms with Crippen LogP contribution >= 0.6 is 11.8 Å². The molecule has 0 aromatic heterocycles. The summed E-state index contributed by atoms with van der Waals surface area (Å²) in [5.74, 6) is 2.28. The quantitative estimate of drug-likeness (QED) is 0.824. The topological polar surface area (TPSA) is 53.2 Å². The van der Waals surface area contributed by atoms with Gasteiger partial charge in [0.15, 0.2) is 0 Å². The minimum Gasteiger partial charge on any atom is -0.497 e. The van der Waals surface area contributed by atoms with Crippen LogP contribution in [0.2, 0.25) is 0 Å². The standard InChI is InChI=1S/C12H15NO2S/c1-15-12-4-2-10(3-5-12)8-16-9-11(14)6-7-13/h2-5,11,14H,6,8-9H2,1H3. The Kier molecular flexibility index (Phi) is 5.76. The summed E-state index contributed by atoms with van der Waals surface area (Å²) < 4.78 is 5.06. The van der Waals surface area contributed by atoms with Gasteiger partial charge in [0.1, 0.15) is 5.75 Å². The Balaban J connectivity index is 2.29. The van der Waals surface area contributed by atoms with E-state index in [4.69, 9.17) is 10.00 Å². The first-order chi connectivity index (χ1) is 7.76. The molecule has 86 valence electrons. The first-order valence-corrected chi connectivity index (χ1v) is 6.17. The highest BCUT2D eigenvalue weighted by Gasteiger charge is 2.03. The number of nitriles is 1. The largest absolute Gasteiger partial charge is 0.497 e. The van der Waals surface area contributed by atoms with Crippen molar-refractivity contribution >= 4 is 11.8 Å². The molecule has 0 aliphatic rings. The summed E-state index contributed by atoms with van der Waals surface area (Å²) in [6, 6.07) is 9.79. The van der Waals surface area contributed by atoms with Gasteiger partial charge in [0.25, 0.3) is 0 Å². The molecule has 0 radical (unpaired) electrons. The average Bonchev–Trinajstić information content (AvgIpc) is 2.30. The molecule has 0 fully saturated rings. The maximum atomic E-state index is 9.35. The molecule has 16 heavy (non-hydrogen) atoms. The molecular weight excluding hydrogens is 222 g/mol. The lowest BCUT2D eigenvalue weighted by atomic mass is 10.2. The third kappa shape index (κ3) is 4.56. The van der Waals surface area contributed by atoms with Crippen molar-refractivity contribution in [2.75, 3.05) is 12.9 Å². The summed E-state index contributed by atoms with van der Waals surface area (Å²) in [6.45, 7) is 0. The van der Waals surface area contributed by atoms with Crippen LogP contribution < -0.4 is 4.74 Å². The van der Waals surface area contributed by atoms with Gasteiger partial charge in [-0.05, 0) is 17.7 Å². The molecule has 0 saturated carbocycles. The van der Waals surface area contributed by atoms with Crippen molar-refractivity contribution in [1.82, 2.24) is 0 Å². The summed E-state index contributed by atoms with van der Waals surface area (Å²) in [5.41, 5.74) is 1.19. The highest BCUT2D eigenvalue weighted by Crippen LogP contribution is 2.17. The molecule has 4 heteroatoms. The van der Waals surface area contributed by atoms with E-state index in [1.807, 2.05) is 30.3 Å². The Morgan fingerprint density at radius 2 is 2.12 bits per heavy atom. The molecule has 1 atom stereocenters. The number of hydrogen-bond donors (Lipinski definition) is 1. The second-order valence-corrected chi connectivity index (χ2v) is 4.41. The van der Waals surface area contributed by atoms with Crippen LogP contribution in [0.1, 0.15) is 12.0 Å². The minimum absolute atomic E-state index is 0.204. The smallest absolute Gasteiger partial charge is 0.118 e. The SMILES string of the molecule is COc1ccc(CSCC(O)CC#N)cc1. The van der Waals surface area contributed by atoms with Gasteiger partial charge in [0, 0.05) is 11.5 Å². The molecular formula is C12H15NO2S. The predicted molar refractivity (Wildman–Crippen MR) is 65.4 cm³/mol. The van der Waals surface area contributed by atoms with E-state index in [0.717, 1.165) is 11.5 Å². The minimum atomic E-state index is -0.520. The lowest BCUT2D eigenvalue weighted by Crippen LogP contribution is -2.08. The van der Waals surface area contributed by atoms with Crippen molar-refractivity contribution in [2.45, 2.75) is 18.3 Å². The van der Waals surface area contributed by atoms with Gasteiger partial charge in [-0.15, -0.1) is 0 Å². The first kappa shape index (κ1) is 12.9. The first-order valence-electron chi connectivity index (χ1n) is 5.02. The number of aliphatic hydroxyl groups excluding tert-OH is 1. The third-order valence-corrected chi connectivity index (χ3v) is 3.22. The molecule has 0 spiro atoms. The molecule has 0 bridgehead atoms. The maximum Gasteiger partial charge on any atom is 0.118 e. The van der Waals surface area contributed by atoms with Gasteiger partial charge in [-0.1, -0.05) is 12.1 Å². The summed E-state index contributed by atoms with van der Waals surface area (Å²) in [7, 11) is 1.64. The molecule has 1 N–H and O–H groups in total. The number of aliphatic hydroxyl groups is 1. The molecule has 0 saturated heterocycles. The van der Waals surface area contributed by atoms with Crippen molar-refractivity contribution in [1.29, 1.82) is 5.26 Å². The fraction of sp³-hybridized carbons (Fsp3) is 0.417. The van der Waals surface area contributed by atoms with Gasteiger partial charge in [-0.25, -0.2) is 0 Å². The van der Waals surface area contributed by atoms with Gasteiger partial charge in [-0.3, -0.25) is 0 Å². The third-order valence-electron chi connectivity index (χ3n) is 2.06. The van der Waals surface area contributed by atoms with E-state index >= 15 is 0 Å². The number of benzene rings is 1. The Hall–Kier alpha value is -1.18. The predicted octanol–water partition coefficient (Wildman–Crippen LogP) is 2.20. The van der Waals surface area contributed by atoms with Crippen LogP contribution in [0.3, 0.4) is 0 Å². The average molecular weight is 237 g/mol. The molecule has 3 nitrogen and oxygen atoms in total. The Labute approximate surface area is 100 Å². The fourth-order valence-corrected chi connectivity index (χ4v) is 2.13. The Morgan fingerprint density at radius 1 is 1.44 bits per heavy atom. The van der Waals surface area contributed by atoms with Crippen LogP contribution in [-0.2, 0) is 5.75 Å². The van der Waals surface area contributed by atoms with Crippen LogP contribution in [0, 0.1) is 11.3 Å². The lowest BCUT2D eigenvalue weighted by Gasteiger charge is -2.06. The number of nitrogens with zero attached hydrogens (tertiary/aromatic N) is 1. The van der Waals surface area contributed by atoms with Gasteiger partial charge >= 0.3 is 0 Å². The number of ether oxygens (including phenoxy) is 1. The summed E-state index contributed by atoms with van der Waals surface area (Å²) in [5, 5.41) is 17.7. The van der Waals surface area contributed by atoms with Gasteiger partial charge in [0.2, 0.25) is 0 Å². The zero-order valence-electron chi connectivity index (χ0n) is 9.22. The van der Waals surface area contributed by atoms with Gasteiger partial charge in [0.05, 0.1) is 25.7 Å². The van der Waals surface area contributed by atoms with Gasteiger partial charge < -0.3 is 9.84 Å². The van der Waals surface area contributed by atoms with E-state index in [1.165, 1.54) is 5.56 Å². The van der Waals surface area contributed by atoms with Crippen molar-refractivity contribution in [2.24, 2.45) is 0 Å². The molecule has 0 heterocycles. The molecule has 0 aliphatic heterocycles. The van der Waals surface area contributed by atoms with Crippen LogP contribution in [-0.4, -0.2) is 24.1 Å². The van der Waals surface area contributed by atoms with Crippen LogP contribution in [0.5, 0.6) is 5.75 Å². The highest BCUT2D eigenvalue weighted by molar-refractivity contribution is 7.98. The molecule has 1 rings (SSSR count). The van der Waals surface area contributed by atoms with Gasteiger partial charge in [-0.2, -0.15) is 17.0 Å². The van der Waals surface area contributed by atoms with E-state index in [0.29, 0.717) is 5.75 Å². The Bertz CT molecular complexity index is 345. The van der Waals surface area contributed by atoms with Crippen molar-refractivity contribution < 1.29 is 9.84 Å². The number of thioether (sulfide) groups is 1. The molecule has 1 aromatic carbocycles. The lowest BCUT2D eigenvalue weighted by molar-refractivity contribution is 0.205. The van der Waals surface area contributed by atoms with Crippen LogP contribution in [0.15, 0.2) is 24.3 Å². The van der Waals surface area contributed by atoms with Crippen LogP contribution in [0.4, 0.5) is 0 Å². The van der Waals surface area contributed by atoms with E-state index in [-0.39, 0.29) is 6.42 Å². The second kappa shape index (κ2) is 7.15. The molecule has 1 aromatic rings. The molecule has 0 amide bonds. The van der Waals surface area contributed by atoms with E-state index < -0.39 is 6.10 Å². The summed E-state index contributed by atoms with van der Waals surface area (Å²) in [4.78, 5) is 0. The summed E-state index contributed by atoms with van der Waals surface area (Å²) in [6.07, 6.45) is -0.316. The normalized spacial score (nSPS) is 11.8. The van der Waals surface area contributed by atoms with Crippen LogP contribution in [0.25, 0.3) is 0 Å². The van der Waals surface area contributed by atoms with Crippen molar-refractivity contribution in [3.8, 4) is 11.8 Å². The van der Waals surface area contributed by atoms with Crippen molar-refractivity contribution in [3.05, 3.63) is 29.8 Å². The molecule has 0 aliphatic carbocycles. The second-order valence-electron chi connectivity index (χ2n) is 3.38. The number of rotatable bonds is 6. The maximum absolute atomic E-state index is 9.35. The van der Waals surface area contributed by atoms with E-state index in [1.54, 1.807) is 18.9 Å². The van der Waals surface area contributed by atoms with Crippen molar-refractivity contribution in [3.63, 3.8) is 0 Å². The van der Waals surface area contributed by atoms with E-state index in [9.17, 15) is 5.11 Å². The summed E-state index contributed by atoms with van der Waals surface area (Å²) >= 11 is 1.63. The molecule has 1 unspecified atom stereocenters. The number of methoxy groups -OCH3 is 1.